The molecule has 0 saturated carbocycles. The molecule has 2 aromatic rings. The minimum atomic E-state index is -2.10. The van der Waals surface area contributed by atoms with Crippen LogP contribution >= 0.6 is 23.2 Å². The Balaban J connectivity index is 1.85. The molecule has 1 aromatic carbocycles. The fourth-order valence-corrected chi connectivity index (χ4v) is 4.27. The summed E-state index contributed by atoms with van der Waals surface area (Å²) in [5.74, 6) is -0.527. The fourth-order valence-electron chi connectivity index (χ4n) is 3.64. The highest BCUT2D eigenvalue weighted by atomic mass is 35.5. The average molecular weight is 412 g/mol. The van der Waals surface area contributed by atoms with Crippen LogP contribution in [-0.2, 0) is 28.2 Å². The molecule has 1 heterocycles. The van der Waals surface area contributed by atoms with Crippen LogP contribution in [0.3, 0.4) is 0 Å². The minimum Gasteiger partial charge on any atom is -0.392 e. The molecule has 4 nitrogen and oxygen atoms in total. The number of methoxy groups -OCH3 is 1. The monoisotopic (exact) mass is 411 g/mol. The molecule has 0 spiro atoms. The summed E-state index contributed by atoms with van der Waals surface area (Å²) in [6.45, 7) is -0.257. The largest absolute Gasteiger partial charge is 0.392 e. The Morgan fingerprint density at radius 3 is 2.93 bits per heavy atom. The number of carbonyl (C=O) groups excluding carboxylic acids is 1. The number of aliphatic hydroxyl groups is 1. The first-order chi connectivity index (χ1) is 12.9. The van der Waals surface area contributed by atoms with Crippen LogP contribution in [0.5, 0.6) is 0 Å². The molecule has 0 aliphatic heterocycles. The number of hydrogen-bond acceptors (Lipinski definition) is 4. The number of alkyl halides is 1. The third-order valence-electron chi connectivity index (χ3n) is 5.07. The maximum atomic E-state index is 15.8. The Morgan fingerprint density at radius 1 is 1.44 bits per heavy atom. The molecule has 2 atom stereocenters. The lowest BCUT2D eigenvalue weighted by Gasteiger charge is -2.34. The van der Waals surface area contributed by atoms with Gasteiger partial charge in [-0.25, -0.2) is 4.39 Å². The number of hydrogen-bond donors (Lipinski definition) is 1. The molecule has 7 heteroatoms. The van der Waals surface area contributed by atoms with Gasteiger partial charge < -0.3 is 9.84 Å². The van der Waals surface area contributed by atoms with Crippen molar-refractivity contribution < 1.29 is 19.0 Å². The molecule has 1 aromatic heterocycles. The third kappa shape index (κ3) is 3.87. The lowest BCUT2D eigenvalue weighted by atomic mass is 9.77. The second kappa shape index (κ2) is 8.23. The SMILES string of the molecule is CO[C@@H]1CC[C@@](F)(C(=O)CCc2c(Cl)cc(Cl)cc2CO)c2cccnc21. The van der Waals surface area contributed by atoms with Crippen molar-refractivity contribution in [1.82, 2.24) is 4.98 Å². The van der Waals surface area contributed by atoms with Crippen molar-refractivity contribution in [2.75, 3.05) is 7.11 Å². The predicted octanol–water partition coefficient (Wildman–Crippen LogP) is 4.73. The number of rotatable bonds is 6. The van der Waals surface area contributed by atoms with Gasteiger partial charge in [0.2, 0.25) is 0 Å². The van der Waals surface area contributed by atoms with E-state index in [1.165, 1.54) is 0 Å². The molecule has 0 bridgehead atoms. The first kappa shape index (κ1) is 20.2. The van der Waals surface area contributed by atoms with Crippen LogP contribution in [0.25, 0.3) is 0 Å². The summed E-state index contributed by atoms with van der Waals surface area (Å²) in [5.41, 5.74) is -0.201. The zero-order chi connectivity index (χ0) is 19.6. The highest BCUT2D eigenvalue weighted by molar-refractivity contribution is 6.35. The Kier molecular flexibility index (Phi) is 6.16. The second-order valence-corrected chi connectivity index (χ2v) is 7.45. The van der Waals surface area contributed by atoms with Crippen molar-refractivity contribution >= 4 is 29.0 Å². The quantitative estimate of drug-likeness (QED) is 0.746. The van der Waals surface area contributed by atoms with Crippen molar-refractivity contribution in [3.05, 3.63) is 62.9 Å². The molecule has 0 saturated heterocycles. The number of aromatic nitrogens is 1. The topological polar surface area (TPSA) is 59.4 Å². The van der Waals surface area contributed by atoms with Gasteiger partial charge in [-0.1, -0.05) is 29.3 Å². The van der Waals surface area contributed by atoms with Crippen molar-refractivity contribution in [3.63, 3.8) is 0 Å². The number of ketones is 1. The van der Waals surface area contributed by atoms with Gasteiger partial charge in [-0.15, -0.1) is 0 Å². The number of aliphatic hydroxyl groups excluding tert-OH is 1. The zero-order valence-electron chi connectivity index (χ0n) is 14.8. The molecule has 0 unspecified atom stereocenters. The molecule has 144 valence electrons. The molecule has 1 aliphatic carbocycles. The standard InChI is InChI=1S/C20H20Cl2FNO3/c1-27-17-6-7-20(23,15-3-2-8-24-19(15)17)18(26)5-4-14-12(11-25)9-13(21)10-16(14)22/h2-3,8-10,17,25H,4-7,11H2,1H3/t17-,20+/m1/s1. The Bertz CT molecular complexity index is 861. The molecule has 1 N–H and O–H groups in total. The van der Waals surface area contributed by atoms with E-state index in [0.717, 1.165) is 0 Å². The average Bonchev–Trinajstić information content (AvgIpc) is 2.67. The second-order valence-electron chi connectivity index (χ2n) is 6.61. The van der Waals surface area contributed by atoms with E-state index in [1.807, 2.05) is 0 Å². The van der Waals surface area contributed by atoms with Crippen LogP contribution in [0, 0.1) is 0 Å². The number of Topliss-reactive ketones (excluding diaryl/α,β-unsaturated/α-hetero) is 1. The Morgan fingerprint density at radius 2 is 2.22 bits per heavy atom. The number of pyridine rings is 1. The van der Waals surface area contributed by atoms with Crippen molar-refractivity contribution in [2.24, 2.45) is 0 Å². The molecular weight excluding hydrogens is 392 g/mol. The smallest absolute Gasteiger partial charge is 0.195 e. The summed E-state index contributed by atoms with van der Waals surface area (Å²) in [5, 5.41) is 10.3. The summed E-state index contributed by atoms with van der Waals surface area (Å²) in [7, 11) is 1.55. The highest BCUT2D eigenvalue weighted by Crippen LogP contribution is 2.44. The van der Waals surface area contributed by atoms with E-state index in [4.69, 9.17) is 27.9 Å². The molecule has 0 radical (unpaired) electrons. The van der Waals surface area contributed by atoms with Crippen LogP contribution < -0.4 is 0 Å². The lowest BCUT2D eigenvalue weighted by molar-refractivity contribution is -0.133. The third-order valence-corrected chi connectivity index (χ3v) is 5.63. The molecular formula is C20H20Cl2FNO3. The van der Waals surface area contributed by atoms with E-state index < -0.39 is 11.5 Å². The predicted molar refractivity (Wildman–Crippen MR) is 102 cm³/mol. The van der Waals surface area contributed by atoms with Crippen molar-refractivity contribution in [1.29, 1.82) is 0 Å². The summed E-state index contributed by atoms with van der Waals surface area (Å²) in [4.78, 5) is 17.1. The van der Waals surface area contributed by atoms with Crippen LogP contribution in [0.2, 0.25) is 10.0 Å². The first-order valence-corrected chi connectivity index (χ1v) is 9.44. The van der Waals surface area contributed by atoms with Crippen LogP contribution in [0.4, 0.5) is 4.39 Å². The van der Waals surface area contributed by atoms with E-state index in [-0.39, 0.29) is 37.5 Å². The number of fused-ring (bicyclic) bond motifs is 1. The van der Waals surface area contributed by atoms with Gasteiger partial charge in [0.05, 0.1) is 18.4 Å². The number of benzene rings is 1. The molecule has 0 amide bonds. The van der Waals surface area contributed by atoms with Crippen molar-refractivity contribution in [2.45, 2.75) is 44.1 Å². The summed E-state index contributed by atoms with van der Waals surface area (Å²) in [6.07, 6.45) is 1.86. The van der Waals surface area contributed by atoms with Gasteiger partial charge in [-0.3, -0.25) is 9.78 Å². The number of carbonyl (C=O) groups is 1. The number of halogens is 3. The molecule has 1 aliphatic rings. The number of ether oxygens (including phenoxy) is 1. The van der Waals surface area contributed by atoms with Gasteiger partial charge in [-0.2, -0.15) is 0 Å². The van der Waals surface area contributed by atoms with E-state index in [1.54, 1.807) is 37.6 Å². The van der Waals surface area contributed by atoms with E-state index >= 15 is 4.39 Å². The van der Waals surface area contributed by atoms with Crippen LogP contribution in [0.15, 0.2) is 30.5 Å². The van der Waals surface area contributed by atoms with E-state index in [2.05, 4.69) is 4.98 Å². The molecule has 0 fully saturated rings. The number of nitrogens with zero attached hydrogens (tertiary/aromatic N) is 1. The van der Waals surface area contributed by atoms with Gasteiger partial charge in [0.15, 0.2) is 11.5 Å². The maximum Gasteiger partial charge on any atom is 0.195 e. The normalized spacial score (nSPS) is 21.7. The van der Waals surface area contributed by atoms with Gasteiger partial charge >= 0.3 is 0 Å². The Hall–Kier alpha value is -1.53. The highest BCUT2D eigenvalue weighted by Gasteiger charge is 2.46. The Labute approximate surface area is 167 Å². The van der Waals surface area contributed by atoms with Gasteiger partial charge in [0, 0.05) is 35.3 Å². The maximum absolute atomic E-state index is 15.8. The summed E-state index contributed by atoms with van der Waals surface area (Å²) >= 11 is 12.2. The fraction of sp³-hybridized carbons (Fsp3) is 0.400. The zero-order valence-corrected chi connectivity index (χ0v) is 16.4. The molecule has 3 rings (SSSR count). The summed E-state index contributed by atoms with van der Waals surface area (Å²) in [6, 6.07) is 6.37. The van der Waals surface area contributed by atoms with Crippen molar-refractivity contribution in [3.8, 4) is 0 Å². The first-order valence-electron chi connectivity index (χ1n) is 8.68. The van der Waals surface area contributed by atoms with E-state index in [0.29, 0.717) is 33.3 Å². The summed E-state index contributed by atoms with van der Waals surface area (Å²) < 4.78 is 21.1. The van der Waals surface area contributed by atoms with Gasteiger partial charge in [0.1, 0.15) is 0 Å². The minimum absolute atomic E-state index is 0.0448. The van der Waals surface area contributed by atoms with Gasteiger partial charge in [0.25, 0.3) is 0 Å². The van der Waals surface area contributed by atoms with Crippen LogP contribution in [-0.4, -0.2) is 23.0 Å². The van der Waals surface area contributed by atoms with Crippen LogP contribution in [0.1, 0.15) is 47.8 Å². The van der Waals surface area contributed by atoms with Gasteiger partial charge in [-0.05, 0) is 48.6 Å². The van der Waals surface area contributed by atoms with E-state index in [9.17, 15) is 9.90 Å². The molecule has 27 heavy (non-hydrogen) atoms. The lowest BCUT2D eigenvalue weighted by Crippen LogP contribution is -2.37.